The Hall–Kier alpha value is -2.97. The zero-order valence-electron chi connectivity index (χ0n) is 18.7. The maximum atomic E-state index is 12.3. The number of carbonyl (C=O) groups is 3. The SMILES string of the molecule is CC(C)(C)OC(=O)NCCC(=O)NCc1ccccc1NC(=O)COc1ccc(Cl)cc1Cl. The lowest BCUT2D eigenvalue weighted by Crippen LogP contribution is -2.35. The molecule has 0 saturated heterocycles. The fourth-order valence-corrected chi connectivity index (χ4v) is 3.06. The number of benzene rings is 2. The normalized spacial score (nSPS) is 10.8. The van der Waals surface area contributed by atoms with Gasteiger partial charge in [-0.15, -0.1) is 0 Å². The van der Waals surface area contributed by atoms with E-state index in [1.54, 1.807) is 57.2 Å². The molecule has 0 fully saturated rings. The van der Waals surface area contributed by atoms with Gasteiger partial charge in [-0.3, -0.25) is 9.59 Å². The Morgan fingerprint density at radius 1 is 0.970 bits per heavy atom. The highest BCUT2D eigenvalue weighted by molar-refractivity contribution is 6.35. The third-order valence-electron chi connectivity index (χ3n) is 4.04. The van der Waals surface area contributed by atoms with Crippen LogP contribution in [0, 0.1) is 0 Å². The summed E-state index contributed by atoms with van der Waals surface area (Å²) in [5.41, 5.74) is 0.649. The van der Waals surface area contributed by atoms with E-state index in [9.17, 15) is 14.4 Å². The van der Waals surface area contributed by atoms with E-state index in [0.29, 0.717) is 27.0 Å². The van der Waals surface area contributed by atoms with Gasteiger partial charge >= 0.3 is 6.09 Å². The molecule has 10 heteroatoms. The lowest BCUT2D eigenvalue weighted by atomic mass is 10.1. The molecule has 2 aromatic rings. The number of rotatable bonds is 9. The first-order valence-electron chi connectivity index (χ1n) is 10.2. The lowest BCUT2D eigenvalue weighted by Gasteiger charge is -2.19. The minimum atomic E-state index is -0.605. The van der Waals surface area contributed by atoms with Crippen LogP contribution in [0.15, 0.2) is 42.5 Å². The molecule has 0 saturated carbocycles. The highest BCUT2D eigenvalue weighted by Gasteiger charge is 2.16. The Morgan fingerprint density at radius 2 is 1.70 bits per heavy atom. The molecule has 8 nitrogen and oxygen atoms in total. The molecule has 0 atom stereocenters. The first-order valence-corrected chi connectivity index (χ1v) is 11.0. The first kappa shape index (κ1) is 26.3. The van der Waals surface area contributed by atoms with Crippen molar-refractivity contribution in [1.82, 2.24) is 10.6 Å². The second-order valence-corrected chi connectivity index (χ2v) is 8.87. The zero-order valence-corrected chi connectivity index (χ0v) is 20.2. The van der Waals surface area contributed by atoms with Gasteiger partial charge in [0, 0.05) is 30.2 Å². The Bertz CT molecular complexity index is 992. The number of ether oxygens (including phenoxy) is 2. The van der Waals surface area contributed by atoms with E-state index in [2.05, 4.69) is 16.0 Å². The van der Waals surface area contributed by atoms with Crippen LogP contribution in [0.2, 0.25) is 10.0 Å². The van der Waals surface area contributed by atoms with E-state index in [1.807, 2.05) is 0 Å². The zero-order chi connectivity index (χ0) is 24.4. The van der Waals surface area contributed by atoms with Gasteiger partial charge in [0.2, 0.25) is 5.91 Å². The van der Waals surface area contributed by atoms with Gasteiger partial charge in [0.1, 0.15) is 11.4 Å². The molecule has 2 aromatic carbocycles. The van der Waals surface area contributed by atoms with Crippen molar-refractivity contribution >= 4 is 46.8 Å². The number of nitrogens with one attached hydrogen (secondary N) is 3. The molecular formula is C23H27Cl2N3O5. The Kier molecular flexibility index (Phi) is 9.81. The number of alkyl carbamates (subject to hydrolysis) is 1. The molecule has 0 spiro atoms. The van der Waals surface area contributed by atoms with Crippen LogP contribution in [0.5, 0.6) is 5.75 Å². The van der Waals surface area contributed by atoms with Gasteiger partial charge in [-0.25, -0.2) is 4.79 Å². The van der Waals surface area contributed by atoms with Gasteiger partial charge in [0.15, 0.2) is 6.61 Å². The number of hydrogen-bond donors (Lipinski definition) is 3. The molecule has 3 N–H and O–H groups in total. The lowest BCUT2D eigenvalue weighted by molar-refractivity contribution is -0.121. The van der Waals surface area contributed by atoms with Crippen LogP contribution in [0.25, 0.3) is 0 Å². The van der Waals surface area contributed by atoms with Crippen molar-refractivity contribution in [2.45, 2.75) is 39.3 Å². The molecule has 33 heavy (non-hydrogen) atoms. The topological polar surface area (TPSA) is 106 Å². The van der Waals surface area contributed by atoms with Crippen molar-refractivity contribution in [1.29, 1.82) is 0 Å². The average Bonchev–Trinajstić information content (AvgIpc) is 2.71. The summed E-state index contributed by atoms with van der Waals surface area (Å²) >= 11 is 11.9. The van der Waals surface area contributed by atoms with Gasteiger partial charge in [-0.2, -0.15) is 0 Å². The molecule has 0 aliphatic carbocycles. The summed E-state index contributed by atoms with van der Waals surface area (Å²) in [7, 11) is 0. The number of halogens is 2. The molecule has 0 aliphatic rings. The fourth-order valence-electron chi connectivity index (χ4n) is 2.59. The van der Waals surface area contributed by atoms with Crippen LogP contribution in [-0.4, -0.2) is 36.7 Å². The van der Waals surface area contributed by atoms with E-state index in [0.717, 1.165) is 0 Å². The molecular weight excluding hydrogens is 469 g/mol. The highest BCUT2D eigenvalue weighted by atomic mass is 35.5. The molecule has 2 rings (SSSR count). The minimum Gasteiger partial charge on any atom is -0.482 e. The minimum absolute atomic E-state index is 0.0868. The smallest absolute Gasteiger partial charge is 0.407 e. The Balaban J connectivity index is 1.80. The van der Waals surface area contributed by atoms with E-state index >= 15 is 0 Å². The van der Waals surface area contributed by atoms with E-state index in [4.69, 9.17) is 32.7 Å². The number of amides is 3. The fraction of sp³-hybridized carbons (Fsp3) is 0.348. The van der Waals surface area contributed by atoms with Crippen LogP contribution in [-0.2, 0) is 20.9 Å². The molecule has 0 bridgehead atoms. The summed E-state index contributed by atoms with van der Waals surface area (Å²) in [5, 5.41) is 8.82. The molecule has 0 radical (unpaired) electrons. The van der Waals surface area contributed by atoms with Crippen LogP contribution in [0.3, 0.4) is 0 Å². The van der Waals surface area contributed by atoms with Gasteiger partial charge in [-0.1, -0.05) is 41.4 Å². The number of para-hydroxylation sites is 1. The van der Waals surface area contributed by atoms with Crippen LogP contribution in [0.1, 0.15) is 32.8 Å². The van der Waals surface area contributed by atoms with Crippen LogP contribution < -0.4 is 20.7 Å². The number of hydrogen-bond acceptors (Lipinski definition) is 5. The van der Waals surface area contributed by atoms with Crippen molar-refractivity contribution in [2.75, 3.05) is 18.5 Å². The summed E-state index contributed by atoms with van der Waals surface area (Å²) in [4.78, 5) is 36.0. The maximum absolute atomic E-state index is 12.3. The summed E-state index contributed by atoms with van der Waals surface area (Å²) in [6, 6.07) is 11.8. The van der Waals surface area contributed by atoms with Crippen LogP contribution >= 0.6 is 23.2 Å². The van der Waals surface area contributed by atoms with E-state index in [-0.39, 0.29) is 37.9 Å². The summed E-state index contributed by atoms with van der Waals surface area (Å²) < 4.78 is 10.6. The number of carbonyl (C=O) groups excluding carboxylic acids is 3. The molecule has 0 aromatic heterocycles. The summed E-state index contributed by atoms with van der Waals surface area (Å²) in [5.74, 6) is -0.300. The van der Waals surface area contributed by atoms with Gasteiger partial charge in [0.25, 0.3) is 5.91 Å². The Labute approximate surface area is 202 Å². The monoisotopic (exact) mass is 495 g/mol. The molecule has 0 aliphatic heterocycles. The van der Waals surface area contributed by atoms with Gasteiger partial charge in [0.05, 0.1) is 5.02 Å². The molecule has 178 valence electrons. The predicted octanol–water partition coefficient (Wildman–Crippen LogP) is 4.54. The first-order chi connectivity index (χ1) is 15.5. The molecule has 3 amide bonds. The quantitative estimate of drug-likeness (QED) is 0.473. The molecule has 0 unspecified atom stereocenters. The highest BCUT2D eigenvalue weighted by Crippen LogP contribution is 2.27. The molecule has 0 heterocycles. The van der Waals surface area contributed by atoms with Crippen molar-refractivity contribution in [2.24, 2.45) is 0 Å². The van der Waals surface area contributed by atoms with Crippen molar-refractivity contribution < 1.29 is 23.9 Å². The Morgan fingerprint density at radius 3 is 2.39 bits per heavy atom. The average molecular weight is 496 g/mol. The summed E-state index contributed by atoms with van der Waals surface area (Å²) in [6.07, 6.45) is -0.492. The van der Waals surface area contributed by atoms with E-state index in [1.165, 1.54) is 6.07 Å². The second kappa shape index (κ2) is 12.3. The third kappa shape index (κ3) is 10.0. The maximum Gasteiger partial charge on any atom is 0.407 e. The van der Waals surface area contributed by atoms with Crippen LogP contribution in [0.4, 0.5) is 10.5 Å². The third-order valence-corrected chi connectivity index (χ3v) is 4.57. The summed E-state index contributed by atoms with van der Waals surface area (Å²) in [6.45, 7) is 5.37. The number of anilines is 1. The largest absolute Gasteiger partial charge is 0.482 e. The standard InChI is InChI=1S/C23H27Cl2N3O5/c1-23(2,3)33-22(31)26-11-10-20(29)27-13-15-6-4-5-7-18(15)28-21(30)14-32-19-9-8-16(24)12-17(19)25/h4-9,12H,10-11,13-14H2,1-3H3,(H,26,31)(H,27,29)(H,28,30). The second-order valence-electron chi connectivity index (χ2n) is 8.02. The predicted molar refractivity (Wildman–Crippen MR) is 128 cm³/mol. The van der Waals surface area contributed by atoms with Crippen molar-refractivity contribution in [3.63, 3.8) is 0 Å². The van der Waals surface area contributed by atoms with Crippen molar-refractivity contribution in [3.8, 4) is 5.75 Å². The van der Waals surface area contributed by atoms with Gasteiger partial charge < -0.3 is 25.4 Å². The van der Waals surface area contributed by atoms with E-state index < -0.39 is 11.7 Å². The van der Waals surface area contributed by atoms with Crippen molar-refractivity contribution in [3.05, 3.63) is 58.1 Å². The van der Waals surface area contributed by atoms with Gasteiger partial charge in [-0.05, 0) is 50.6 Å².